The van der Waals surface area contributed by atoms with Crippen LogP contribution in [0.5, 0.6) is 0 Å². The Morgan fingerprint density at radius 1 is 0.667 bits per heavy atom. The number of hydrogen-bond acceptors (Lipinski definition) is 0. The van der Waals surface area contributed by atoms with Gasteiger partial charge in [0, 0.05) is 23.6 Å². The lowest BCUT2D eigenvalue weighted by Gasteiger charge is -1.98. The van der Waals surface area contributed by atoms with Crippen molar-refractivity contribution in [3.63, 3.8) is 0 Å². The van der Waals surface area contributed by atoms with Crippen LogP contribution in [-0.4, -0.2) is 0 Å². The lowest BCUT2D eigenvalue weighted by atomic mass is 10.1. The third-order valence-electron chi connectivity index (χ3n) is 5.31. The highest BCUT2D eigenvalue weighted by atomic mass is 127. The number of terminal acetylenes is 1. The van der Waals surface area contributed by atoms with Crippen LogP contribution < -0.4 is 0 Å². The topological polar surface area (TPSA) is 0 Å². The van der Waals surface area contributed by atoms with Gasteiger partial charge in [0.15, 0.2) is 0 Å². The molecule has 39 heavy (non-hydrogen) atoms. The van der Waals surface area contributed by atoms with Crippen LogP contribution in [0.1, 0.15) is 54.5 Å². The number of benzene rings is 4. The van der Waals surface area contributed by atoms with Gasteiger partial charge in [0.25, 0.3) is 0 Å². The highest BCUT2D eigenvalue weighted by Gasteiger charge is 1.99. The van der Waals surface area contributed by atoms with Gasteiger partial charge < -0.3 is 0 Å². The Bertz CT molecular complexity index is 1430. The molecular formula is C34H29Br2F2I. The molecule has 4 aromatic rings. The predicted molar refractivity (Wildman–Crippen MR) is 176 cm³/mol. The summed E-state index contributed by atoms with van der Waals surface area (Å²) in [5.74, 6) is 7.97. The summed E-state index contributed by atoms with van der Waals surface area (Å²) in [7, 11) is 0. The molecule has 0 nitrogen and oxygen atoms in total. The van der Waals surface area contributed by atoms with Gasteiger partial charge in [-0.3, -0.25) is 0 Å². The SMILES string of the molecule is C#Cc1ccc(CCC)cc1.CCCc1ccc(C#Cc2ccc(Br)cc2F)cc1.Fc1cc(Br)ccc1I. The smallest absolute Gasteiger partial charge is 0.139 e. The van der Waals surface area contributed by atoms with E-state index in [4.69, 9.17) is 6.42 Å². The fraction of sp³-hybridized carbons (Fsp3) is 0.176. The minimum atomic E-state index is -0.301. The first-order valence-corrected chi connectivity index (χ1v) is 15.1. The molecule has 4 aromatic carbocycles. The third kappa shape index (κ3) is 12.5. The summed E-state index contributed by atoms with van der Waals surface area (Å²) < 4.78 is 28.3. The average molecular weight is 762 g/mol. The van der Waals surface area contributed by atoms with Gasteiger partial charge in [-0.2, -0.15) is 0 Å². The molecule has 0 radical (unpaired) electrons. The van der Waals surface area contributed by atoms with E-state index in [1.807, 2.05) is 52.9 Å². The van der Waals surface area contributed by atoms with E-state index < -0.39 is 0 Å². The molecule has 0 aliphatic rings. The third-order valence-corrected chi connectivity index (χ3v) is 7.17. The molecule has 0 aromatic heterocycles. The van der Waals surface area contributed by atoms with Gasteiger partial charge in [0.2, 0.25) is 0 Å². The lowest BCUT2D eigenvalue weighted by Crippen LogP contribution is -1.84. The molecule has 0 unspecified atom stereocenters. The van der Waals surface area contributed by atoms with Gasteiger partial charge in [-0.1, -0.05) is 101 Å². The van der Waals surface area contributed by atoms with E-state index in [1.165, 1.54) is 29.7 Å². The fourth-order valence-corrected chi connectivity index (χ4v) is 4.30. The van der Waals surface area contributed by atoms with Crippen LogP contribution in [0.3, 0.4) is 0 Å². The van der Waals surface area contributed by atoms with E-state index in [2.05, 4.69) is 87.7 Å². The van der Waals surface area contributed by atoms with E-state index in [0.717, 1.165) is 39.3 Å². The van der Waals surface area contributed by atoms with Crippen molar-refractivity contribution in [1.82, 2.24) is 0 Å². The van der Waals surface area contributed by atoms with Crippen molar-refractivity contribution in [2.45, 2.75) is 39.5 Å². The highest BCUT2D eigenvalue weighted by Crippen LogP contribution is 2.16. The van der Waals surface area contributed by atoms with Gasteiger partial charge >= 0.3 is 0 Å². The zero-order valence-electron chi connectivity index (χ0n) is 21.9. The van der Waals surface area contributed by atoms with Gasteiger partial charge in [-0.05, 0) is 107 Å². The zero-order valence-corrected chi connectivity index (χ0v) is 27.2. The molecule has 0 aliphatic heterocycles. The van der Waals surface area contributed by atoms with E-state index in [0.29, 0.717) is 9.13 Å². The molecule has 0 saturated carbocycles. The Morgan fingerprint density at radius 3 is 1.59 bits per heavy atom. The number of rotatable bonds is 4. The van der Waals surface area contributed by atoms with Crippen molar-refractivity contribution in [3.05, 3.63) is 137 Å². The summed E-state index contributed by atoms with van der Waals surface area (Å²) in [4.78, 5) is 0. The van der Waals surface area contributed by atoms with Gasteiger partial charge in [-0.25, -0.2) is 8.78 Å². The van der Waals surface area contributed by atoms with Crippen molar-refractivity contribution in [2.75, 3.05) is 0 Å². The van der Waals surface area contributed by atoms with E-state index in [1.54, 1.807) is 18.2 Å². The van der Waals surface area contributed by atoms with Crippen LogP contribution in [0, 0.1) is 39.4 Å². The second-order valence-electron chi connectivity index (χ2n) is 8.47. The Kier molecular flexibility index (Phi) is 15.1. The first kappa shape index (κ1) is 32.8. The molecule has 200 valence electrons. The van der Waals surface area contributed by atoms with Gasteiger partial charge in [0.1, 0.15) is 11.6 Å². The second kappa shape index (κ2) is 18.0. The maximum Gasteiger partial charge on any atom is 0.139 e. The molecule has 0 atom stereocenters. The molecule has 0 amide bonds. The van der Waals surface area contributed by atoms with Crippen LogP contribution in [0.15, 0.2) is 93.9 Å². The van der Waals surface area contributed by atoms with Crippen LogP contribution >= 0.6 is 54.5 Å². The van der Waals surface area contributed by atoms with Crippen LogP contribution in [-0.2, 0) is 12.8 Å². The standard InChI is InChI=1S/C17H14BrF.C11H12.C6H3BrFI/c1-2-3-13-4-6-14(7-5-13)8-9-15-10-11-16(18)12-17(15)19;1-3-5-11-8-6-10(4-2)7-9-11;7-4-1-2-6(9)5(8)3-4/h4-7,10-12H,2-3H2,1H3;2,6-9H,3,5H2,1H3;1-3H. The second-order valence-corrected chi connectivity index (χ2v) is 11.5. The van der Waals surface area contributed by atoms with E-state index in [9.17, 15) is 8.78 Å². The minimum Gasteiger partial charge on any atom is -0.206 e. The first-order chi connectivity index (χ1) is 18.7. The lowest BCUT2D eigenvalue weighted by molar-refractivity contribution is 0.619. The predicted octanol–water partition coefficient (Wildman–Crippen LogP) is 10.8. The number of hydrogen-bond donors (Lipinski definition) is 0. The van der Waals surface area contributed by atoms with Crippen molar-refractivity contribution in [2.24, 2.45) is 0 Å². The monoisotopic (exact) mass is 760 g/mol. The molecule has 5 heteroatoms. The molecule has 0 N–H and O–H groups in total. The normalized spacial score (nSPS) is 9.59. The molecule has 0 saturated heterocycles. The molecular weight excluding hydrogens is 733 g/mol. The molecule has 0 spiro atoms. The first-order valence-electron chi connectivity index (χ1n) is 12.5. The molecule has 0 fully saturated rings. The van der Waals surface area contributed by atoms with Crippen molar-refractivity contribution >= 4 is 54.5 Å². The van der Waals surface area contributed by atoms with Crippen LogP contribution in [0.2, 0.25) is 0 Å². The summed E-state index contributed by atoms with van der Waals surface area (Å²) in [6.45, 7) is 4.33. The largest absolute Gasteiger partial charge is 0.206 e. The van der Waals surface area contributed by atoms with E-state index in [-0.39, 0.29) is 11.6 Å². The van der Waals surface area contributed by atoms with E-state index >= 15 is 0 Å². The fourth-order valence-electron chi connectivity index (χ4n) is 3.30. The van der Waals surface area contributed by atoms with Crippen molar-refractivity contribution in [3.8, 4) is 24.2 Å². The summed E-state index contributed by atoms with van der Waals surface area (Å²) >= 11 is 8.32. The Balaban J connectivity index is 0.000000226. The Hall–Kier alpha value is -2.45. The number of aryl methyl sites for hydroxylation is 2. The van der Waals surface area contributed by atoms with Crippen LogP contribution in [0.4, 0.5) is 8.78 Å². The quantitative estimate of drug-likeness (QED) is 0.110. The summed E-state index contributed by atoms with van der Waals surface area (Å²) in [5.41, 5.74) is 4.96. The summed E-state index contributed by atoms with van der Waals surface area (Å²) in [6, 6.07) is 26.2. The molecule has 0 bridgehead atoms. The van der Waals surface area contributed by atoms with Crippen molar-refractivity contribution < 1.29 is 8.78 Å². The van der Waals surface area contributed by atoms with Gasteiger partial charge in [0.05, 0.1) is 5.56 Å². The summed E-state index contributed by atoms with van der Waals surface area (Å²) in [6.07, 6.45) is 9.77. The molecule has 4 rings (SSSR count). The maximum absolute atomic E-state index is 13.6. The van der Waals surface area contributed by atoms with Gasteiger partial charge in [-0.15, -0.1) is 6.42 Å². The zero-order chi connectivity index (χ0) is 28.6. The maximum atomic E-state index is 13.6. The van der Waals surface area contributed by atoms with Crippen LogP contribution in [0.25, 0.3) is 0 Å². The minimum absolute atomic E-state index is 0.176. The Morgan fingerprint density at radius 2 is 1.15 bits per heavy atom. The average Bonchev–Trinajstić information content (AvgIpc) is 2.93. The highest BCUT2D eigenvalue weighted by molar-refractivity contribution is 14.1. The Labute approximate surface area is 262 Å². The summed E-state index contributed by atoms with van der Waals surface area (Å²) in [5, 5.41) is 0. The molecule has 0 heterocycles. The molecule has 0 aliphatic carbocycles. The van der Waals surface area contributed by atoms with Crippen molar-refractivity contribution in [1.29, 1.82) is 0 Å². The number of halogens is 5.